The molecule has 0 unspecified atom stereocenters. The molecule has 1 heterocycles. The van der Waals surface area contributed by atoms with E-state index < -0.39 is 26.6 Å². The number of nitro groups is 1. The summed E-state index contributed by atoms with van der Waals surface area (Å²) >= 11 is 0. The molecule has 2 N–H and O–H groups in total. The Bertz CT molecular complexity index is 658. The first-order valence-corrected chi connectivity index (χ1v) is 7.29. The molecular weight excluding hydrogens is 304 g/mol. The molecule has 0 fully saturated rings. The van der Waals surface area contributed by atoms with E-state index in [1.165, 1.54) is 14.1 Å². The van der Waals surface area contributed by atoms with E-state index >= 15 is 0 Å². The number of sulfonamides is 1. The lowest BCUT2D eigenvalue weighted by Crippen LogP contribution is -2.28. The van der Waals surface area contributed by atoms with Gasteiger partial charge in [-0.05, 0) is 6.07 Å². The molecule has 0 aliphatic carbocycles. The van der Waals surface area contributed by atoms with E-state index in [2.05, 4.69) is 10.3 Å². The van der Waals surface area contributed by atoms with Crippen LogP contribution in [0, 0.1) is 10.1 Å². The number of carboxylic acid groups (broad SMARTS) is 1. The number of carbonyl (C=O) groups is 1. The second-order valence-corrected chi connectivity index (χ2v) is 6.45. The van der Waals surface area contributed by atoms with Gasteiger partial charge in [0.2, 0.25) is 15.8 Å². The number of rotatable bonds is 7. The number of hydrogen-bond donors (Lipinski definition) is 2. The van der Waals surface area contributed by atoms with Crippen molar-refractivity contribution in [3.05, 3.63) is 27.9 Å². The van der Waals surface area contributed by atoms with Gasteiger partial charge in [0.05, 0.1) is 10.7 Å². The predicted molar refractivity (Wildman–Crippen MR) is 73.8 cm³/mol. The largest absolute Gasteiger partial charge is 0.477 e. The number of aromatic carboxylic acids is 1. The highest BCUT2D eigenvalue weighted by Gasteiger charge is 2.19. The smallest absolute Gasteiger partial charge is 0.354 e. The van der Waals surface area contributed by atoms with E-state index in [1.54, 1.807) is 0 Å². The van der Waals surface area contributed by atoms with Crippen LogP contribution >= 0.6 is 0 Å². The molecule has 10 nitrogen and oxygen atoms in total. The topological polar surface area (TPSA) is 143 Å². The Balaban J connectivity index is 2.93. The van der Waals surface area contributed by atoms with E-state index in [0.717, 1.165) is 16.4 Å². The Kier molecular flexibility index (Phi) is 5.16. The number of pyridine rings is 1. The summed E-state index contributed by atoms with van der Waals surface area (Å²) in [6, 6.07) is 2.00. The average molecular weight is 318 g/mol. The Morgan fingerprint density at radius 3 is 2.57 bits per heavy atom. The maximum Gasteiger partial charge on any atom is 0.354 e. The second-order valence-electron chi connectivity index (χ2n) is 4.15. The van der Waals surface area contributed by atoms with Crippen molar-refractivity contribution in [2.24, 2.45) is 0 Å². The lowest BCUT2D eigenvalue weighted by molar-refractivity contribution is -0.384. The van der Waals surface area contributed by atoms with Gasteiger partial charge in [-0.2, -0.15) is 0 Å². The second kappa shape index (κ2) is 6.45. The van der Waals surface area contributed by atoms with Crippen molar-refractivity contribution in [1.29, 1.82) is 0 Å². The minimum atomic E-state index is -3.47. The van der Waals surface area contributed by atoms with Crippen molar-refractivity contribution < 1.29 is 23.2 Å². The fraction of sp³-hybridized carbons (Fsp3) is 0.400. The fourth-order valence-electron chi connectivity index (χ4n) is 1.33. The lowest BCUT2D eigenvalue weighted by atomic mass is 10.3. The third-order valence-corrected chi connectivity index (χ3v) is 4.33. The summed E-state index contributed by atoms with van der Waals surface area (Å²) in [5.41, 5.74) is -0.805. The minimum absolute atomic E-state index is 0.141. The van der Waals surface area contributed by atoms with Crippen LogP contribution in [-0.4, -0.2) is 60.1 Å². The van der Waals surface area contributed by atoms with Crippen LogP contribution < -0.4 is 5.32 Å². The van der Waals surface area contributed by atoms with Gasteiger partial charge in [-0.15, -0.1) is 0 Å². The SMILES string of the molecule is CN(C)S(=O)(=O)CCNc1nc(C(=O)O)ccc1[N+](=O)[O-]. The highest BCUT2D eigenvalue weighted by Crippen LogP contribution is 2.21. The highest BCUT2D eigenvalue weighted by atomic mass is 32.2. The zero-order valence-corrected chi connectivity index (χ0v) is 12.1. The Morgan fingerprint density at radius 1 is 1.48 bits per heavy atom. The zero-order valence-electron chi connectivity index (χ0n) is 11.3. The van der Waals surface area contributed by atoms with Crippen LogP contribution in [0.2, 0.25) is 0 Å². The molecule has 0 aliphatic rings. The van der Waals surface area contributed by atoms with Gasteiger partial charge < -0.3 is 10.4 Å². The fourth-order valence-corrected chi connectivity index (χ4v) is 2.05. The van der Waals surface area contributed by atoms with Crippen molar-refractivity contribution in [2.45, 2.75) is 0 Å². The van der Waals surface area contributed by atoms with Gasteiger partial charge in [0, 0.05) is 26.7 Å². The summed E-state index contributed by atoms with van der Waals surface area (Å²) in [5, 5.41) is 22.1. The molecule has 1 aromatic heterocycles. The van der Waals surface area contributed by atoms with Crippen LogP contribution in [0.1, 0.15) is 10.5 Å². The number of aromatic nitrogens is 1. The lowest BCUT2D eigenvalue weighted by Gasteiger charge is -2.12. The van der Waals surface area contributed by atoms with Crippen LogP contribution in [0.5, 0.6) is 0 Å². The molecule has 0 aromatic carbocycles. The molecule has 0 atom stereocenters. The summed E-state index contributed by atoms with van der Waals surface area (Å²) < 4.78 is 24.1. The van der Waals surface area contributed by atoms with Crippen molar-refractivity contribution in [3.63, 3.8) is 0 Å². The molecule has 0 aliphatic heterocycles. The predicted octanol–water partition coefficient (Wildman–Crippen LogP) is -0.00870. The van der Waals surface area contributed by atoms with E-state index in [-0.39, 0.29) is 23.8 Å². The summed E-state index contributed by atoms with van der Waals surface area (Å²) in [6.07, 6.45) is 0. The Labute approximate surface area is 120 Å². The summed E-state index contributed by atoms with van der Waals surface area (Å²) in [7, 11) is -0.747. The molecule has 21 heavy (non-hydrogen) atoms. The summed E-state index contributed by atoms with van der Waals surface area (Å²) in [6.45, 7) is -0.141. The van der Waals surface area contributed by atoms with Crippen LogP contribution in [0.15, 0.2) is 12.1 Å². The van der Waals surface area contributed by atoms with Crippen LogP contribution in [0.4, 0.5) is 11.5 Å². The number of anilines is 1. The molecule has 0 saturated carbocycles. The molecule has 1 aromatic rings. The van der Waals surface area contributed by atoms with Crippen LogP contribution in [0.3, 0.4) is 0 Å². The standard InChI is InChI=1S/C10H14N4O6S/c1-13(2)21(19,20)6-5-11-9-8(14(17)18)4-3-7(12-9)10(15)16/h3-4H,5-6H2,1-2H3,(H,11,12)(H,15,16). The van der Waals surface area contributed by atoms with Crippen LogP contribution in [-0.2, 0) is 10.0 Å². The van der Waals surface area contributed by atoms with Crippen LogP contribution in [0.25, 0.3) is 0 Å². The third-order valence-electron chi connectivity index (χ3n) is 2.50. The number of nitrogens with zero attached hydrogens (tertiary/aromatic N) is 3. The monoisotopic (exact) mass is 318 g/mol. The molecule has 0 saturated heterocycles. The van der Waals surface area contributed by atoms with E-state index in [4.69, 9.17) is 5.11 Å². The molecule has 0 amide bonds. The summed E-state index contributed by atoms with van der Waals surface area (Å²) in [4.78, 5) is 24.5. The van der Waals surface area contributed by atoms with Gasteiger partial charge >= 0.3 is 11.7 Å². The molecule has 1 rings (SSSR count). The first-order chi connectivity index (χ1) is 9.65. The molecular formula is C10H14N4O6S. The average Bonchev–Trinajstić information content (AvgIpc) is 2.37. The van der Waals surface area contributed by atoms with Gasteiger partial charge in [0.1, 0.15) is 0 Å². The normalized spacial score (nSPS) is 11.4. The van der Waals surface area contributed by atoms with Gasteiger partial charge in [-0.1, -0.05) is 0 Å². The van der Waals surface area contributed by atoms with E-state index in [0.29, 0.717) is 0 Å². The van der Waals surface area contributed by atoms with Crippen molar-refractivity contribution in [2.75, 3.05) is 31.7 Å². The van der Waals surface area contributed by atoms with Gasteiger partial charge in [0.25, 0.3) is 0 Å². The minimum Gasteiger partial charge on any atom is -0.477 e. The van der Waals surface area contributed by atoms with Gasteiger partial charge in [-0.3, -0.25) is 10.1 Å². The first-order valence-electron chi connectivity index (χ1n) is 5.68. The van der Waals surface area contributed by atoms with Gasteiger partial charge in [-0.25, -0.2) is 22.5 Å². The number of nitrogens with one attached hydrogen (secondary N) is 1. The Hall–Kier alpha value is -2.27. The molecule has 0 spiro atoms. The van der Waals surface area contributed by atoms with Crippen molar-refractivity contribution >= 4 is 27.5 Å². The van der Waals surface area contributed by atoms with E-state index in [1.807, 2.05) is 0 Å². The summed E-state index contributed by atoms with van der Waals surface area (Å²) in [5.74, 6) is -1.93. The maximum absolute atomic E-state index is 11.6. The molecule has 116 valence electrons. The highest BCUT2D eigenvalue weighted by molar-refractivity contribution is 7.89. The maximum atomic E-state index is 11.6. The zero-order chi connectivity index (χ0) is 16.2. The third kappa shape index (κ3) is 4.36. The first kappa shape index (κ1) is 16.8. The quantitative estimate of drug-likeness (QED) is 0.528. The van der Waals surface area contributed by atoms with Crippen molar-refractivity contribution in [3.8, 4) is 0 Å². The van der Waals surface area contributed by atoms with E-state index in [9.17, 15) is 23.3 Å². The van der Waals surface area contributed by atoms with Gasteiger partial charge in [0.15, 0.2) is 5.69 Å². The number of hydrogen-bond acceptors (Lipinski definition) is 7. The Morgan fingerprint density at radius 2 is 2.10 bits per heavy atom. The van der Waals surface area contributed by atoms with Crippen molar-refractivity contribution in [1.82, 2.24) is 9.29 Å². The molecule has 0 radical (unpaired) electrons. The molecule has 11 heteroatoms. The molecule has 0 bridgehead atoms. The number of carboxylic acids is 1.